The molecule has 0 spiro atoms. The topological polar surface area (TPSA) is 70.5 Å². The lowest BCUT2D eigenvalue weighted by Crippen LogP contribution is -2.42. The lowest BCUT2D eigenvalue weighted by Gasteiger charge is -2.23. The summed E-state index contributed by atoms with van der Waals surface area (Å²) >= 11 is 0. The van der Waals surface area contributed by atoms with E-state index in [-0.39, 0.29) is 17.9 Å². The number of aryl methyl sites for hydroxylation is 1. The standard InChI is InChI=1S/C17H27N5O2/c1-3-7-21(12-15-18-6-8-20(15)2)17(24)19-10-13-9-16(23)22(11-13)14-4-5-14/h6,8,13-14H,3-5,7,9-12H2,1-2H3,(H,19,24)/t13-/m1/s1. The Morgan fingerprint density at radius 2 is 2.25 bits per heavy atom. The molecule has 0 unspecified atom stereocenters. The Morgan fingerprint density at radius 1 is 1.46 bits per heavy atom. The van der Waals surface area contributed by atoms with Gasteiger partial charge in [-0.15, -0.1) is 0 Å². The molecule has 2 fully saturated rings. The molecule has 24 heavy (non-hydrogen) atoms. The number of hydrogen-bond acceptors (Lipinski definition) is 3. The number of hydrogen-bond donors (Lipinski definition) is 1. The average molecular weight is 333 g/mol. The van der Waals surface area contributed by atoms with Gasteiger partial charge in [-0.05, 0) is 19.3 Å². The second-order valence-corrected chi connectivity index (χ2v) is 6.91. The van der Waals surface area contributed by atoms with E-state index < -0.39 is 0 Å². The summed E-state index contributed by atoms with van der Waals surface area (Å²) in [6.45, 7) is 4.60. The Balaban J connectivity index is 1.50. The third-order valence-electron chi connectivity index (χ3n) is 4.80. The fourth-order valence-electron chi connectivity index (χ4n) is 3.27. The summed E-state index contributed by atoms with van der Waals surface area (Å²) in [4.78, 5) is 32.6. The third-order valence-corrected chi connectivity index (χ3v) is 4.80. The Kier molecular flexibility index (Phi) is 5.06. The van der Waals surface area contributed by atoms with Gasteiger partial charge in [-0.3, -0.25) is 4.79 Å². The van der Waals surface area contributed by atoms with Crippen molar-refractivity contribution in [2.75, 3.05) is 19.6 Å². The van der Waals surface area contributed by atoms with Crippen molar-refractivity contribution in [1.82, 2.24) is 24.7 Å². The van der Waals surface area contributed by atoms with E-state index in [0.29, 0.717) is 32.1 Å². The zero-order valence-corrected chi connectivity index (χ0v) is 14.6. The number of amides is 3. The number of carbonyl (C=O) groups is 2. The van der Waals surface area contributed by atoms with Crippen molar-refractivity contribution >= 4 is 11.9 Å². The molecular weight excluding hydrogens is 306 g/mol. The smallest absolute Gasteiger partial charge is 0.317 e. The van der Waals surface area contributed by atoms with Gasteiger partial charge in [-0.25, -0.2) is 9.78 Å². The Morgan fingerprint density at radius 3 is 2.88 bits per heavy atom. The van der Waals surface area contributed by atoms with E-state index in [1.54, 1.807) is 11.1 Å². The Hall–Kier alpha value is -2.05. The van der Waals surface area contributed by atoms with Crippen LogP contribution in [0.1, 0.15) is 38.4 Å². The Bertz CT molecular complexity index is 596. The van der Waals surface area contributed by atoms with Gasteiger partial charge in [-0.2, -0.15) is 0 Å². The molecule has 1 aromatic rings. The van der Waals surface area contributed by atoms with Crippen LogP contribution in [-0.2, 0) is 18.4 Å². The van der Waals surface area contributed by atoms with Gasteiger partial charge >= 0.3 is 6.03 Å². The lowest BCUT2D eigenvalue weighted by molar-refractivity contribution is -0.128. The fourth-order valence-corrected chi connectivity index (χ4v) is 3.27. The molecule has 0 radical (unpaired) electrons. The minimum absolute atomic E-state index is 0.0721. The molecule has 0 aromatic carbocycles. The van der Waals surface area contributed by atoms with Crippen molar-refractivity contribution in [2.24, 2.45) is 13.0 Å². The molecule has 3 amide bonds. The first kappa shape index (κ1) is 16.8. The van der Waals surface area contributed by atoms with Crippen molar-refractivity contribution in [1.29, 1.82) is 0 Å². The summed E-state index contributed by atoms with van der Waals surface area (Å²) in [5.74, 6) is 1.35. The highest BCUT2D eigenvalue weighted by molar-refractivity contribution is 5.79. The monoisotopic (exact) mass is 333 g/mol. The van der Waals surface area contributed by atoms with Crippen molar-refractivity contribution in [3.63, 3.8) is 0 Å². The number of rotatable bonds is 7. The van der Waals surface area contributed by atoms with Crippen LogP contribution in [0.5, 0.6) is 0 Å². The summed E-state index contributed by atoms with van der Waals surface area (Å²) in [7, 11) is 1.93. The highest BCUT2D eigenvalue weighted by atomic mass is 16.2. The minimum Gasteiger partial charge on any atom is -0.339 e. The van der Waals surface area contributed by atoms with Gasteiger partial charge in [0.1, 0.15) is 5.82 Å². The number of urea groups is 1. The predicted molar refractivity (Wildman–Crippen MR) is 90.1 cm³/mol. The molecule has 1 saturated heterocycles. The number of aromatic nitrogens is 2. The molecule has 1 saturated carbocycles. The van der Waals surface area contributed by atoms with Gasteiger partial charge in [0.25, 0.3) is 0 Å². The predicted octanol–water partition coefficient (Wildman–Crippen LogP) is 1.35. The van der Waals surface area contributed by atoms with E-state index in [1.807, 2.05) is 22.7 Å². The number of nitrogens with zero attached hydrogens (tertiary/aromatic N) is 4. The quantitative estimate of drug-likeness (QED) is 0.819. The summed E-state index contributed by atoms with van der Waals surface area (Å²) < 4.78 is 1.93. The molecule has 3 rings (SSSR count). The number of imidazole rings is 1. The maximum absolute atomic E-state index is 12.5. The third kappa shape index (κ3) is 3.88. The molecule has 1 aliphatic carbocycles. The van der Waals surface area contributed by atoms with Gasteiger partial charge in [0.15, 0.2) is 0 Å². The Labute approximate surface area is 143 Å². The highest BCUT2D eigenvalue weighted by Gasteiger charge is 2.39. The van der Waals surface area contributed by atoms with Crippen LogP contribution in [0.2, 0.25) is 0 Å². The molecule has 1 aromatic heterocycles. The largest absolute Gasteiger partial charge is 0.339 e. The molecule has 1 N–H and O–H groups in total. The van der Waals surface area contributed by atoms with Crippen LogP contribution in [0.15, 0.2) is 12.4 Å². The van der Waals surface area contributed by atoms with Crippen LogP contribution in [0.25, 0.3) is 0 Å². The second kappa shape index (κ2) is 7.23. The van der Waals surface area contributed by atoms with Crippen LogP contribution in [0, 0.1) is 5.92 Å². The normalized spacial score (nSPS) is 20.5. The van der Waals surface area contributed by atoms with E-state index in [0.717, 1.165) is 31.6 Å². The number of nitrogens with one attached hydrogen (secondary N) is 1. The molecular formula is C17H27N5O2. The second-order valence-electron chi connectivity index (χ2n) is 6.91. The molecule has 1 aliphatic heterocycles. The fraction of sp³-hybridized carbons (Fsp3) is 0.706. The lowest BCUT2D eigenvalue weighted by atomic mass is 10.1. The SMILES string of the molecule is CCCN(Cc1nccn1C)C(=O)NC[C@H]1CC(=O)N(C2CC2)C1. The number of likely N-dealkylation sites (tertiary alicyclic amines) is 1. The van der Waals surface area contributed by atoms with Crippen molar-refractivity contribution in [2.45, 2.75) is 45.2 Å². The number of carbonyl (C=O) groups excluding carboxylic acids is 2. The van der Waals surface area contributed by atoms with Gasteiger partial charge in [-0.1, -0.05) is 6.92 Å². The molecule has 132 valence electrons. The summed E-state index contributed by atoms with van der Waals surface area (Å²) in [6, 6.07) is 0.398. The first-order valence-electron chi connectivity index (χ1n) is 8.87. The van der Waals surface area contributed by atoms with E-state index in [1.165, 1.54) is 0 Å². The zero-order chi connectivity index (χ0) is 17.1. The first-order chi connectivity index (χ1) is 11.6. The van der Waals surface area contributed by atoms with Crippen LogP contribution >= 0.6 is 0 Å². The van der Waals surface area contributed by atoms with Crippen LogP contribution < -0.4 is 5.32 Å². The molecule has 2 aliphatic rings. The van der Waals surface area contributed by atoms with E-state index in [4.69, 9.17) is 0 Å². The molecule has 7 heteroatoms. The molecule has 0 bridgehead atoms. The maximum Gasteiger partial charge on any atom is 0.317 e. The van der Waals surface area contributed by atoms with E-state index >= 15 is 0 Å². The molecule has 2 heterocycles. The minimum atomic E-state index is -0.0721. The van der Waals surface area contributed by atoms with Crippen molar-refractivity contribution in [3.05, 3.63) is 18.2 Å². The van der Waals surface area contributed by atoms with Gasteiger partial charge < -0.3 is 19.7 Å². The maximum atomic E-state index is 12.5. The zero-order valence-electron chi connectivity index (χ0n) is 14.6. The van der Waals surface area contributed by atoms with Gasteiger partial charge in [0.05, 0.1) is 6.54 Å². The van der Waals surface area contributed by atoms with Gasteiger partial charge in [0, 0.05) is 57.5 Å². The van der Waals surface area contributed by atoms with Gasteiger partial charge in [0.2, 0.25) is 5.91 Å². The van der Waals surface area contributed by atoms with Crippen LogP contribution in [-0.4, -0.2) is 57.0 Å². The van der Waals surface area contributed by atoms with Crippen LogP contribution in [0.3, 0.4) is 0 Å². The molecule has 1 atom stereocenters. The highest BCUT2D eigenvalue weighted by Crippen LogP contribution is 2.32. The van der Waals surface area contributed by atoms with E-state index in [2.05, 4.69) is 17.2 Å². The summed E-state index contributed by atoms with van der Waals surface area (Å²) in [5.41, 5.74) is 0. The van der Waals surface area contributed by atoms with Crippen molar-refractivity contribution in [3.8, 4) is 0 Å². The van der Waals surface area contributed by atoms with Crippen molar-refractivity contribution < 1.29 is 9.59 Å². The first-order valence-corrected chi connectivity index (χ1v) is 8.87. The van der Waals surface area contributed by atoms with E-state index in [9.17, 15) is 9.59 Å². The van der Waals surface area contributed by atoms with Crippen LogP contribution in [0.4, 0.5) is 4.79 Å². The summed E-state index contributed by atoms with van der Waals surface area (Å²) in [6.07, 6.45) is 7.36. The summed E-state index contributed by atoms with van der Waals surface area (Å²) in [5, 5.41) is 3.01. The molecule has 7 nitrogen and oxygen atoms in total. The average Bonchev–Trinajstić information content (AvgIpc) is 3.22.